The number of rotatable bonds is 2. The summed E-state index contributed by atoms with van der Waals surface area (Å²) in [5.74, 6) is -3.99. The number of piperidine rings is 1. The fourth-order valence-electron chi connectivity index (χ4n) is 2.16. The molecule has 18 heavy (non-hydrogen) atoms. The molecule has 1 aromatic carbocycles. The van der Waals surface area contributed by atoms with Crippen molar-refractivity contribution in [3.05, 3.63) is 35.4 Å². The van der Waals surface area contributed by atoms with Gasteiger partial charge in [-0.1, -0.05) is 12.1 Å². The van der Waals surface area contributed by atoms with Gasteiger partial charge in [-0.25, -0.2) is 13.6 Å². The van der Waals surface area contributed by atoms with Crippen LogP contribution in [0.1, 0.15) is 28.3 Å². The van der Waals surface area contributed by atoms with Crippen molar-refractivity contribution in [3.63, 3.8) is 0 Å². The first-order valence-corrected chi connectivity index (χ1v) is 5.81. The monoisotopic (exact) mass is 255 g/mol. The first-order chi connectivity index (χ1) is 8.54. The molecule has 0 aromatic heterocycles. The number of alkyl halides is 2. The van der Waals surface area contributed by atoms with Crippen molar-refractivity contribution in [2.45, 2.75) is 18.3 Å². The number of halogens is 2. The maximum atomic E-state index is 13.7. The minimum absolute atomic E-state index is 0.156. The van der Waals surface area contributed by atoms with Crippen LogP contribution in [-0.4, -0.2) is 32.1 Å². The third-order valence-corrected chi connectivity index (χ3v) is 3.23. The zero-order valence-corrected chi connectivity index (χ0v) is 10.1. The Hall–Kier alpha value is -1.49. The van der Waals surface area contributed by atoms with Crippen LogP contribution in [0.25, 0.3) is 0 Å². The van der Waals surface area contributed by atoms with Crippen LogP contribution < -0.4 is 5.32 Å². The Kier molecular flexibility index (Phi) is 3.61. The predicted octanol–water partition coefficient (Wildman–Crippen LogP) is 2.19. The molecule has 1 aliphatic heterocycles. The van der Waals surface area contributed by atoms with E-state index in [0.717, 1.165) is 0 Å². The quantitative estimate of drug-likeness (QED) is 0.823. The van der Waals surface area contributed by atoms with E-state index in [-0.39, 0.29) is 13.0 Å². The Balaban J connectivity index is 2.21. The first kappa shape index (κ1) is 13.0. The van der Waals surface area contributed by atoms with Gasteiger partial charge in [-0.15, -0.1) is 0 Å². The van der Waals surface area contributed by atoms with Gasteiger partial charge in [-0.3, -0.25) is 0 Å². The highest BCUT2D eigenvalue weighted by Gasteiger charge is 2.42. The van der Waals surface area contributed by atoms with E-state index in [9.17, 15) is 13.6 Å². The molecule has 1 saturated heterocycles. The largest absolute Gasteiger partial charge is 0.465 e. The molecule has 1 atom stereocenters. The third-order valence-electron chi connectivity index (χ3n) is 3.23. The number of hydrogen-bond donors (Lipinski definition) is 1. The van der Waals surface area contributed by atoms with Gasteiger partial charge in [0.2, 0.25) is 0 Å². The highest BCUT2D eigenvalue weighted by molar-refractivity contribution is 5.89. The Bertz CT molecular complexity index is 431. The van der Waals surface area contributed by atoms with Crippen LogP contribution in [0.15, 0.2) is 24.3 Å². The van der Waals surface area contributed by atoms with Crippen molar-refractivity contribution < 1.29 is 18.3 Å². The van der Waals surface area contributed by atoms with E-state index in [2.05, 4.69) is 10.1 Å². The summed E-state index contributed by atoms with van der Waals surface area (Å²) in [5, 5.41) is 2.97. The molecule has 2 rings (SSSR count). The number of ether oxygens (including phenoxy) is 1. The van der Waals surface area contributed by atoms with Crippen LogP contribution in [0, 0.1) is 0 Å². The molecule has 5 heteroatoms. The zero-order valence-electron chi connectivity index (χ0n) is 10.1. The molecule has 1 fully saturated rings. The summed E-state index contributed by atoms with van der Waals surface area (Å²) >= 11 is 0. The van der Waals surface area contributed by atoms with Gasteiger partial charge in [0.15, 0.2) is 0 Å². The molecular weight excluding hydrogens is 240 g/mol. The molecule has 1 heterocycles. The molecule has 0 saturated carbocycles. The topological polar surface area (TPSA) is 38.3 Å². The summed E-state index contributed by atoms with van der Waals surface area (Å²) < 4.78 is 32.1. The minimum atomic E-state index is -2.70. The average molecular weight is 255 g/mol. The van der Waals surface area contributed by atoms with E-state index in [0.29, 0.717) is 17.7 Å². The van der Waals surface area contributed by atoms with Crippen molar-refractivity contribution in [1.29, 1.82) is 0 Å². The molecular formula is C13H15F2NO2. The molecule has 3 nitrogen and oxygen atoms in total. The van der Waals surface area contributed by atoms with Crippen molar-refractivity contribution >= 4 is 5.97 Å². The maximum absolute atomic E-state index is 13.7. The highest BCUT2D eigenvalue weighted by atomic mass is 19.3. The summed E-state index contributed by atoms with van der Waals surface area (Å²) in [7, 11) is 1.29. The van der Waals surface area contributed by atoms with E-state index in [1.54, 1.807) is 12.1 Å². The van der Waals surface area contributed by atoms with Gasteiger partial charge in [0.25, 0.3) is 5.92 Å². The molecule has 0 bridgehead atoms. The predicted molar refractivity (Wildman–Crippen MR) is 63.0 cm³/mol. The number of hydrogen-bond acceptors (Lipinski definition) is 3. The lowest BCUT2D eigenvalue weighted by Gasteiger charge is -2.32. The molecule has 1 N–H and O–H groups in total. The lowest BCUT2D eigenvalue weighted by atomic mass is 9.87. The van der Waals surface area contributed by atoms with Crippen LogP contribution in [0.2, 0.25) is 0 Å². The second-order valence-electron chi connectivity index (χ2n) is 4.38. The molecule has 0 aliphatic carbocycles. The minimum Gasteiger partial charge on any atom is -0.465 e. The van der Waals surface area contributed by atoms with Gasteiger partial charge < -0.3 is 10.1 Å². The second kappa shape index (κ2) is 5.02. The number of esters is 1. The Morgan fingerprint density at radius 1 is 1.39 bits per heavy atom. The number of benzene rings is 1. The first-order valence-electron chi connectivity index (χ1n) is 5.81. The van der Waals surface area contributed by atoms with Crippen LogP contribution in [0.4, 0.5) is 8.78 Å². The Morgan fingerprint density at radius 3 is 2.61 bits per heavy atom. The van der Waals surface area contributed by atoms with Crippen LogP contribution >= 0.6 is 0 Å². The van der Waals surface area contributed by atoms with Gasteiger partial charge >= 0.3 is 5.97 Å². The fourth-order valence-corrected chi connectivity index (χ4v) is 2.16. The average Bonchev–Trinajstić information content (AvgIpc) is 2.37. The maximum Gasteiger partial charge on any atom is 0.337 e. The Labute approximate surface area is 104 Å². The van der Waals surface area contributed by atoms with Crippen LogP contribution in [0.5, 0.6) is 0 Å². The van der Waals surface area contributed by atoms with E-state index < -0.39 is 17.8 Å². The molecule has 1 aromatic rings. The van der Waals surface area contributed by atoms with Crippen LogP contribution in [0.3, 0.4) is 0 Å². The molecule has 0 radical (unpaired) electrons. The van der Waals surface area contributed by atoms with Crippen molar-refractivity contribution in [2.24, 2.45) is 0 Å². The molecule has 98 valence electrons. The molecule has 1 unspecified atom stereocenters. The van der Waals surface area contributed by atoms with Gasteiger partial charge in [0.1, 0.15) is 0 Å². The van der Waals surface area contributed by atoms with Gasteiger partial charge in [-0.2, -0.15) is 0 Å². The van der Waals surface area contributed by atoms with Crippen LogP contribution in [-0.2, 0) is 4.74 Å². The number of nitrogens with one attached hydrogen (secondary N) is 1. The summed E-state index contributed by atoms with van der Waals surface area (Å²) in [4.78, 5) is 11.2. The highest BCUT2D eigenvalue weighted by Crippen LogP contribution is 2.37. The number of carbonyl (C=O) groups is 1. The second-order valence-corrected chi connectivity index (χ2v) is 4.38. The van der Waals surface area contributed by atoms with E-state index >= 15 is 0 Å². The lowest BCUT2D eigenvalue weighted by molar-refractivity contribution is -0.0479. The molecule has 1 aliphatic rings. The number of methoxy groups -OCH3 is 1. The van der Waals surface area contributed by atoms with Crippen molar-refractivity contribution in [2.75, 3.05) is 20.2 Å². The summed E-state index contributed by atoms with van der Waals surface area (Å²) in [6, 6.07) is 6.17. The van der Waals surface area contributed by atoms with E-state index in [1.165, 1.54) is 19.2 Å². The number of carbonyl (C=O) groups excluding carboxylic acids is 1. The Morgan fingerprint density at radius 2 is 2.06 bits per heavy atom. The zero-order chi connectivity index (χ0) is 13.2. The third kappa shape index (κ3) is 2.51. The molecule has 0 spiro atoms. The van der Waals surface area contributed by atoms with Gasteiger partial charge in [0, 0.05) is 19.5 Å². The summed E-state index contributed by atoms with van der Waals surface area (Å²) in [6.07, 6.45) is -0.156. The van der Waals surface area contributed by atoms with E-state index in [4.69, 9.17) is 0 Å². The SMILES string of the molecule is COC(=O)c1ccc(C2CNCCC2(F)F)cc1. The fraction of sp³-hybridized carbons (Fsp3) is 0.462. The van der Waals surface area contributed by atoms with Crippen molar-refractivity contribution in [3.8, 4) is 0 Å². The normalized spacial score (nSPS) is 22.5. The van der Waals surface area contributed by atoms with E-state index in [1.807, 2.05) is 0 Å². The molecule has 0 amide bonds. The van der Waals surface area contributed by atoms with Gasteiger partial charge in [0.05, 0.1) is 18.6 Å². The van der Waals surface area contributed by atoms with Crippen molar-refractivity contribution in [1.82, 2.24) is 5.32 Å². The smallest absolute Gasteiger partial charge is 0.337 e. The summed E-state index contributed by atoms with van der Waals surface area (Å²) in [6.45, 7) is 0.592. The summed E-state index contributed by atoms with van der Waals surface area (Å²) in [5.41, 5.74) is 0.910. The van der Waals surface area contributed by atoms with Gasteiger partial charge in [-0.05, 0) is 17.7 Å². The standard InChI is InChI=1S/C13H15F2NO2/c1-18-12(17)10-4-2-9(3-5-10)11-8-16-7-6-13(11,14)15/h2-5,11,16H,6-8H2,1H3. The lowest BCUT2D eigenvalue weighted by Crippen LogP contribution is -2.42.